The summed E-state index contributed by atoms with van der Waals surface area (Å²) in [7, 11) is 3.11. The number of nitrogens with zero attached hydrogens (tertiary/aromatic N) is 2. The zero-order valence-electron chi connectivity index (χ0n) is 20.8. The smallest absolute Gasteiger partial charge is 0.344 e. The van der Waals surface area contributed by atoms with Gasteiger partial charge in [-0.25, -0.2) is 4.79 Å². The first kappa shape index (κ1) is 23.4. The van der Waals surface area contributed by atoms with Crippen molar-refractivity contribution in [3.63, 3.8) is 0 Å². The third-order valence-electron chi connectivity index (χ3n) is 7.62. The Balaban J connectivity index is 1.36. The van der Waals surface area contributed by atoms with Crippen molar-refractivity contribution in [2.45, 2.75) is 25.4 Å². The highest BCUT2D eigenvalue weighted by atomic mass is 16.5. The van der Waals surface area contributed by atoms with Crippen LogP contribution < -0.4 is 20.7 Å². The lowest BCUT2D eigenvalue weighted by molar-refractivity contribution is 0.113. The van der Waals surface area contributed by atoms with Gasteiger partial charge in [-0.15, -0.1) is 0 Å². The second-order valence-corrected chi connectivity index (χ2v) is 9.89. The molecular weight excluding hydrogens is 472 g/mol. The Hall–Kier alpha value is -4.04. The van der Waals surface area contributed by atoms with E-state index in [2.05, 4.69) is 4.90 Å². The number of aromatic hydroxyl groups is 1. The Morgan fingerprint density at radius 2 is 1.84 bits per heavy atom. The molecule has 8 heteroatoms. The Morgan fingerprint density at radius 1 is 0.973 bits per heavy atom. The molecule has 2 aromatic heterocycles. The summed E-state index contributed by atoms with van der Waals surface area (Å²) in [5.41, 5.74) is 2.57. The van der Waals surface area contributed by atoms with E-state index in [9.17, 15) is 14.7 Å². The van der Waals surface area contributed by atoms with Gasteiger partial charge in [0.1, 0.15) is 22.8 Å². The van der Waals surface area contributed by atoms with Gasteiger partial charge in [0, 0.05) is 60.9 Å². The van der Waals surface area contributed by atoms with E-state index in [0.717, 1.165) is 30.6 Å². The van der Waals surface area contributed by atoms with Gasteiger partial charge in [-0.2, -0.15) is 0 Å². The molecule has 2 aliphatic rings. The largest absolute Gasteiger partial charge is 0.507 e. The normalized spacial score (nSPS) is 19.0. The van der Waals surface area contributed by atoms with Crippen molar-refractivity contribution in [2.24, 2.45) is 5.92 Å². The summed E-state index contributed by atoms with van der Waals surface area (Å²) in [6.45, 7) is 2.71. The van der Waals surface area contributed by atoms with Crippen molar-refractivity contribution < 1.29 is 19.0 Å². The zero-order chi connectivity index (χ0) is 25.7. The fraction of sp³-hybridized carbons (Fsp3) is 0.310. The minimum atomic E-state index is -0.508. The first-order valence-electron chi connectivity index (χ1n) is 12.4. The maximum atomic E-state index is 13.2. The van der Waals surface area contributed by atoms with E-state index in [1.807, 2.05) is 16.7 Å². The zero-order valence-corrected chi connectivity index (χ0v) is 20.8. The summed E-state index contributed by atoms with van der Waals surface area (Å²) in [5.74, 6) is 1.82. The Labute approximate surface area is 213 Å². The van der Waals surface area contributed by atoms with Gasteiger partial charge >= 0.3 is 5.63 Å². The molecule has 2 aromatic carbocycles. The molecule has 6 rings (SSSR count). The van der Waals surface area contributed by atoms with E-state index < -0.39 is 5.63 Å². The summed E-state index contributed by atoms with van der Waals surface area (Å²) in [5, 5.41) is 11.5. The molecule has 0 radical (unpaired) electrons. The minimum absolute atomic E-state index is 0.0541. The van der Waals surface area contributed by atoms with E-state index in [4.69, 9.17) is 13.9 Å². The van der Waals surface area contributed by atoms with Gasteiger partial charge in [-0.3, -0.25) is 9.69 Å². The molecule has 2 aliphatic heterocycles. The average molecular weight is 501 g/mol. The summed E-state index contributed by atoms with van der Waals surface area (Å²) >= 11 is 0. The summed E-state index contributed by atoms with van der Waals surface area (Å²) in [6, 6.07) is 15.9. The number of phenols is 1. The summed E-state index contributed by atoms with van der Waals surface area (Å²) in [6.07, 6.45) is 1.05. The lowest BCUT2D eigenvalue weighted by Gasteiger charge is -2.42. The lowest BCUT2D eigenvalue weighted by atomic mass is 9.83. The summed E-state index contributed by atoms with van der Waals surface area (Å²) < 4.78 is 18.5. The van der Waals surface area contributed by atoms with Crippen molar-refractivity contribution in [1.29, 1.82) is 0 Å². The van der Waals surface area contributed by atoms with Crippen LogP contribution in [0.5, 0.6) is 17.2 Å². The number of benzene rings is 2. The van der Waals surface area contributed by atoms with Crippen LogP contribution in [-0.4, -0.2) is 41.9 Å². The first-order chi connectivity index (χ1) is 17.9. The molecular formula is C29H28N2O6. The lowest BCUT2D eigenvalue weighted by Crippen LogP contribution is -2.46. The predicted molar refractivity (Wildman–Crippen MR) is 140 cm³/mol. The van der Waals surface area contributed by atoms with Crippen LogP contribution in [0, 0.1) is 5.92 Å². The van der Waals surface area contributed by atoms with Gasteiger partial charge in [0.25, 0.3) is 5.56 Å². The molecule has 4 heterocycles. The number of likely N-dealkylation sites (tertiary alicyclic amines) is 1. The number of hydrogen-bond acceptors (Lipinski definition) is 7. The molecule has 2 atom stereocenters. The van der Waals surface area contributed by atoms with E-state index in [1.54, 1.807) is 56.7 Å². The number of aromatic nitrogens is 1. The third kappa shape index (κ3) is 4.07. The van der Waals surface area contributed by atoms with Crippen LogP contribution in [0.4, 0.5) is 0 Å². The van der Waals surface area contributed by atoms with E-state index in [-0.39, 0.29) is 17.2 Å². The van der Waals surface area contributed by atoms with Gasteiger partial charge in [-0.05, 0) is 48.7 Å². The monoisotopic (exact) mass is 500 g/mol. The number of hydrogen-bond donors (Lipinski definition) is 1. The van der Waals surface area contributed by atoms with Gasteiger partial charge in [0.15, 0.2) is 0 Å². The van der Waals surface area contributed by atoms with Crippen LogP contribution in [0.15, 0.2) is 68.6 Å². The fourth-order valence-electron chi connectivity index (χ4n) is 5.94. The number of pyridine rings is 1. The average Bonchev–Trinajstić information content (AvgIpc) is 2.90. The number of rotatable bonds is 5. The standard InChI is InChI=1S/C29H28N2O6/c1-35-20-7-8-21(26(12-20)36-2)22-11-18-6-9-25(32)23(28(18)37-29(22)34)16-30-13-17-10-19(15-30)24-4-3-5-27(33)31(24)14-17/h3-9,11-12,17,19,32H,10,13-16H2,1-2H3. The molecule has 1 saturated heterocycles. The summed E-state index contributed by atoms with van der Waals surface area (Å²) in [4.78, 5) is 27.8. The van der Waals surface area contributed by atoms with Gasteiger partial charge in [-0.1, -0.05) is 6.07 Å². The number of methoxy groups -OCH3 is 2. The van der Waals surface area contributed by atoms with Gasteiger partial charge in [0.2, 0.25) is 0 Å². The number of fused-ring (bicyclic) bond motifs is 5. The Kier molecular flexibility index (Phi) is 5.76. The number of piperidine rings is 1. The van der Waals surface area contributed by atoms with E-state index >= 15 is 0 Å². The Bertz CT molecular complexity index is 1620. The molecule has 4 aromatic rings. The maximum Gasteiger partial charge on any atom is 0.344 e. The highest BCUT2D eigenvalue weighted by Crippen LogP contribution is 2.38. The second kappa shape index (κ2) is 9.12. The highest BCUT2D eigenvalue weighted by molar-refractivity contribution is 5.86. The number of ether oxygens (including phenoxy) is 2. The van der Waals surface area contributed by atoms with Crippen LogP contribution in [0.2, 0.25) is 0 Å². The molecule has 37 heavy (non-hydrogen) atoms. The molecule has 1 fully saturated rings. The van der Waals surface area contributed by atoms with Crippen molar-refractivity contribution >= 4 is 11.0 Å². The molecule has 0 amide bonds. The van der Waals surface area contributed by atoms with E-state index in [0.29, 0.717) is 52.8 Å². The molecule has 0 saturated carbocycles. The molecule has 0 aliphatic carbocycles. The van der Waals surface area contributed by atoms with Crippen LogP contribution in [-0.2, 0) is 13.1 Å². The maximum absolute atomic E-state index is 13.2. The minimum Gasteiger partial charge on any atom is -0.507 e. The molecule has 1 N–H and O–H groups in total. The van der Waals surface area contributed by atoms with Crippen molar-refractivity contribution in [3.8, 4) is 28.4 Å². The molecule has 2 unspecified atom stereocenters. The van der Waals surface area contributed by atoms with Gasteiger partial charge < -0.3 is 23.6 Å². The van der Waals surface area contributed by atoms with Crippen LogP contribution in [0.25, 0.3) is 22.1 Å². The van der Waals surface area contributed by atoms with Gasteiger partial charge in [0.05, 0.1) is 25.3 Å². The molecule has 190 valence electrons. The van der Waals surface area contributed by atoms with Crippen molar-refractivity contribution in [1.82, 2.24) is 9.47 Å². The van der Waals surface area contributed by atoms with Crippen LogP contribution in [0.3, 0.4) is 0 Å². The van der Waals surface area contributed by atoms with Crippen molar-refractivity contribution in [2.75, 3.05) is 27.3 Å². The van der Waals surface area contributed by atoms with E-state index in [1.165, 1.54) is 0 Å². The predicted octanol–water partition coefficient (Wildman–Crippen LogP) is 3.96. The fourth-order valence-corrected chi connectivity index (χ4v) is 5.94. The highest BCUT2D eigenvalue weighted by Gasteiger charge is 2.35. The molecule has 8 nitrogen and oxygen atoms in total. The van der Waals surface area contributed by atoms with Crippen LogP contribution >= 0.6 is 0 Å². The molecule has 0 spiro atoms. The Morgan fingerprint density at radius 3 is 2.65 bits per heavy atom. The first-order valence-corrected chi connectivity index (χ1v) is 12.4. The quantitative estimate of drug-likeness (QED) is 0.415. The SMILES string of the molecule is COc1ccc(-c2cc3ccc(O)c(CN4CC5CC(C4)c4cccc(=O)n4C5)c3oc2=O)c(OC)c1. The number of phenolic OH excluding ortho intramolecular Hbond substituents is 1. The topological polar surface area (TPSA) is 94.1 Å². The van der Waals surface area contributed by atoms with Crippen molar-refractivity contribution in [3.05, 3.63) is 86.6 Å². The third-order valence-corrected chi connectivity index (χ3v) is 7.62. The molecule has 2 bridgehead atoms. The van der Waals surface area contributed by atoms with Crippen LogP contribution in [0.1, 0.15) is 23.6 Å². The second-order valence-electron chi connectivity index (χ2n) is 9.89.